The highest BCUT2D eigenvalue weighted by Gasteiger charge is 2.29. The molecular formula is C15H16N2O3S. The van der Waals surface area contributed by atoms with E-state index in [1.54, 1.807) is 12.1 Å². The molecule has 1 aliphatic heterocycles. The second-order valence-electron chi connectivity index (χ2n) is 5.21. The number of anilines is 1. The molecule has 0 saturated carbocycles. The van der Waals surface area contributed by atoms with Crippen molar-refractivity contribution in [2.45, 2.75) is 24.2 Å². The van der Waals surface area contributed by atoms with E-state index in [0.29, 0.717) is 13.0 Å². The summed E-state index contributed by atoms with van der Waals surface area (Å²) in [5.41, 5.74) is 1.90. The third-order valence-corrected chi connectivity index (χ3v) is 4.85. The van der Waals surface area contributed by atoms with Crippen molar-refractivity contribution in [3.8, 4) is 0 Å². The van der Waals surface area contributed by atoms with Gasteiger partial charge in [0.2, 0.25) is 10.0 Å². The van der Waals surface area contributed by atoms with Crippen molar-refractivity contribution in [3.05, 3.63) is 35.9 Å². The molecule has 1 aliphatic rings. The van der Waals surface area contributed by atoms with Gasteiger partial charge in [0.1, 0.15) is 5.78 Å². The fraction of sp³-hybridized carbons (Fsp3) is 0.267. The molecule has 2 aromatic carbocycles. The van der Waals surface area contributed by atoms with Gasteiger partial charge in [-0.05, 0) is 34.5 Å². The third-order valence-electron chi connectivity index (χ3n) is 3.94. The van der Waals surface area contributed by atoms with E-state index in [-0.39, 0.29) is 16.6 Å². The lowest BCUT2D eigenvalue weighted by Crippen LogP contribution is -2.14. The van der Waals surface area contributed by atoms with Crippen molar-refractivity contribution in [2.75, 3.05) is 11.9 Å². The number of Topliss-reactive ketones (excluding diaryl/α,β-unsaturated/α-hetero) is 1. The first-order valence-electron chi connectivity index (χ1n) is 6.78. The Balaban J connectivity index is 2.23. The Morgan fingerprint density at radius 3 is 2.76 bits per heavy atom. The Hall–Kier alpha value is -1.92. The lowest BCUT2D eigenvalue weighted by Gasteiger charge is -2.11. The zero-order valence-corrected chi connectivity index (χ0v) is 12.4. The molecule has 0 amide bonds. The van der Waals surface area contributed by atoms with Gasteiger partial charge in [0.15, 0.2) is 0 Å². The van der Waals surface area contributed by atoms with Crippen LogP contribution in [0.1, 0.15) is 24.8 Å². The number of nitrogens with two attached hydrogens (primary N) is 1. The number of carbonyl (C=O) groups excluding carboxylic acids is 1. The Labute approximate surface area is 123 Å². The maximum atomic E-state index is 12.1. The summed E-state index contributed by atoms with van der Waals surface area (Å²) in [4.78, 5) is 12.2. The topological polar surface area (TPSA) is 89.3 Å². The standard InChI is InChI=1S/C15H16N2O3S/c1-2-14(18)12-8-17-13-6-3-9-7-10(21(16,19)20)4-5-11(9)15(12)13/h3-7,12,17H,2,8H2,1H3,(H2,16,19,20). The van der Waals surface area contributed by atoms with Gasteiger partial charge in [-0.15, -0.1) is 0 Å². The van der Waals surface area contributed by atoms with Gasteiger partial charge in [-0.2, -0.15) is 0 Å². The van der Waals surface area contributed by atoms with Crippen molar-refractivity contribution in [1.82, 2.24) is 0 Å². The summed E-state index contributed by atoms with van der Waals surface area (Å²) in [5.74, 6) is 0.0123. The minimum atomic E-state index is -3.73. The van der Waals surface area contributed by atoms with E-state index in [1.807, 2.05) is 19.1 Å². The Morgan fingerprint density at radius 2 is 2.10 bits per heavy atom. The Bertz CT molecular complexity index is 843. The van der Waals surface area contributed by atoms with E-state index >= 15 is 0 Å². The summed E-state index contributed by atoms with van der Waals surface area (Å²) >= 11 is 0. The van der Waals surface area contributed by atoms with Crippen LogP contribution in [0.4, 0.5) is 5.69 Å². The molecule has 5 nitrogen and oxygen atoms in total. The number of hydrogen-bond acceptors (Lipinski definition) is 4. The molecule has 1 atom stereocenters. The van der Waals surface area contributed by atoms with Crippen LogP contribution in [0.2, 0.25) is 0 Å². The highest BCUT2D eigenvalue weighted by Crippen LogP contribution is 2.38. The van der Waals surface area contributed by atoms with Gasteiger partial charge >= 0.3 is 0 Å². The quantitative estimate of drug-likeness (QED) is 0.907. The summed E-state index contributed by atoms with van der Waals surface area (Å²) in [5, 5.41) is 10.1. The highest BCUT2D eigenvalue weighted by atomic mass is 32.2. The van der Waals surface area contributed by atoms with Crippen LogP contribution in [0.3, 0.4) is 0 Å². The molecule has 1 heterocycles. The molecule has 0 aromatic heterocycles. The largest absolute Gasteiger partial charge is 0.384 e. The normalized spacial score (nSPS) is 17.5. The van der Waals surface area contributed by atoms with Gasteiger partial charge < -0.3 is 5.32 Å². The van der Waals surface area contributed by atoms with E-state index in [4.69, 9.17) is 5.14 Å². The molecule has 21 heavy (non-hydrogen) atoms. The van der Waals surface area contributed by atoms with Gasteiger partial charge in [-0.25, -0.2) is 13.6 Å². The number of rotatable bonds is 3. The molecular weight excluding hydrogens is 288 g/mol. The molecule has 2 aromatic rings. The lowest BCUT2D eigenvalue weighted by atomic mass is 9.91. The average molecular weight is 304 g/mol. The van der Waals surface area contributed by atoms with Gasteiger partial charge in [0, 0.05) is 18.7 Å². The molecule has 0 aliphatic carbocycles. The lowest BCUT2D eigenvalue weighted by molar-refractivity contribution is -0.119. The monoisotopic (exact) mass is 304 g/mol. The Kier molecular flexibility index (Phi) is 3.22. The molecule has 3 N–H and O–H groups in total. The predicted molar refractivity (Wildman–Crippen MR) is 81.8 cm³/mol. The second-order valence-corrected chi connectivity index (χ2v) is 6.77. The number of fused-ring (bicyclic) bond motifs is 3. The molecule has 0 radical (unpaired) electrons. The van der Waals surface area contributed by atoms with Crippen LogP contribution < -0.4 is 10.5 Å². The number of sulfonamides is 1. The molecule has 0 saturated heterocycles. The van der Waals surface area contributed by atoms with E-state index in [2.05, 4.69) is 5.32 Å². The maximum absolute atomic E-state index is 12.1. The zero-order chi connectivity index (χ0) is 15.2. The molecule has 0 bridgehead atoms. The molecule has 3 rings (SSSR count). The SMILES string of the molecule is CCC(=O)C1CNc2ccc3cc(S(N)(=O)=O)ccc3c21. The smallest absolute Gasteiger partial charge is 0.238 e. The minimum absolute atomic E-state index is 0.0827. The van der Waals surface area contributed by atoms with Crippen molar-refractivity contribution >= 4 is 32.3 Å². The summed E-state index contributed by atoms with van der Waals surface area (Å²) < 4.78 is 22.9. The molecule has 0 spiro atoms. The van der Waals surface area contributed by atoms with Gasteiger partial charge in [0.25, 0.3) is 0 Å². The summed E-state index contributed by atoms with van der Waals surface area (Å²) in [6, 6.07) is 8.50. The van der Waals surface area contributed by atoms with Gasteiger partial charge in [-0.3, -0.25) is 4.79 Å². The van der Waals surface area contributed by atoms with Crippen LogP contribution in [-0.4, -0.2) is 20.7 Å². The minimum Gasteiger partial charge on any atom is -0.384 e. The van der Waals surface area contributed by atoms with E-state index in [0.717, 1.165) is 22.0 Å². The fourth-order valence-electron chi connectivity index (χ4n) is 2.87. The van der Waals surface area contributed by atoms with Crippen LogP contribution in [0.15, 0.2) is 35.2 Å². The second kappa shape index (κ2) is 4.82. The zero-order valence-electron chi connectivity index (χ0n) is 11.6. The first-order valence-corrected chi connectivity index (χ1v) is 8.32. The van der Waals surface area contributed by atoms with E-state index in [9.17, 15) is 13.2 Å². The molecule has 1 unspecified atom stereocenters. The number of carbonyl (C=O) groups is 1. The van der Waals surface area contributed by atoms with Gasteiger partial charge in [-0.1, -0.05) is 19.1 Å². The number of primary sulfonamides is 1. The van der Waals surface area contributed by atoms with Crippen LogP contribution in [-0.2, 0) is 14.8 Å². The Morgan fingerprint density at radius 1 is 1.33 bits per heavy atom. The summed E-state index contributed by atoms with van der Waals surface area (Å²) in [6.07, 6.45) is 0.484. The fourth-order valence-corrected chi connectivity index (χ4v) is 3.42. The maximum Gasteiger partial charge on any atom is 0.238 e. The van der Waals surface area contributed by atoms with Crippen LogP contribution >= 0.6 is 0 Å². The molecule has 110 valence electrons. The van der Waals surface area contributed by atoms with Crippen LogP contribution in [0, 0.1) is 0 Å². The van der Waals surface area contributed by atoms with Crippen molar-refractivity contribution < 1.29 is 13.2 Å². The number of ketones is 1. The molecule has 6 heteroatoms. The summed E-state index contributed by atoms with van der Waals surface area (Å²) in [7, 11) is -3.73. The molecule has 0 fully saturated rings. The number of benzene rings is 2. The van der Waals surface area contributed by atoms with Crippen molar-refractivity contribution in [2.24, 2.45) is 5.14 Å². The third kappa shape index (κ3) is 2.30. The van der Waals surface area contributed by atoms with Crippen LogP contribution in [0.5, 0.6) is 0 Å². The highest BCUT2D eigenvalue weighted by molar-refractivity contribution is 7.89. The summed E-state index contributed by atoms with van der Waals surface area (Å²) in [6.45, 7) is 2.45. The van der Waals surface area contributed by atoms with E-state index in [1.165, 1.54) is 6.07 Å². The number of nitrogens with one attached hydrogen (secondary N) is 1. The van der Waals surface area contributed by atoms with Crippen LogP contribution in [0.25, 0.3) is 10.8 Å². The first-order chi connectivity index (χ1) is 9.91. The van der Waals surface area contributed by atoms with Crippen molar-refractivity contribution in [1.29, 1.82) is 0 Å². The number of hydrogen-bond donors (Lipinski definition) is 2. The van der Waals surface area contributed by atoms with Gasteiger partial charge in [0.05, 0.1) is 10.8 Å². The first kappa shape index (κ1) is 14.0. The average Bonchev–Trinajstić information content (AvgIpc) is 2.89. The predicted octanol–water partition coefficient (Wildman–Crippen LogP) is 1.98. The van der Waals surface area contributed by atoms with E-state index < -0.39 is 10.0 Å². The van der Waals surface area contributed by atoms with Crippen molar-refractivity contribution in [3.63, 3.8) is 0 Å².